The number of hydrogen-bond acceptors (Lipinski definition) is 6. The van der Waals surface area contributed by atoms with Gasteiger partial charge >= 0.3 is 0 Å². The van der Waals surface area contributed by atoms with Crippen molar-refractivity contribution in [2.24, 2.45) is 0 Å². The molecule has 2 fully saturated rings. The van der Waals surface area contributed by atoms with Crippen molar-refractivity contribution in [2.45, 2.75) is 37.4 Å². The molecule has 4 rings (SSSR count). The number of nitrogens with one attached hydrogen (secondary N) is 3. The monoisotopic (exact) mass is 409 g/mol. The van der Waals surface area contributed by atoms with E-state index in [1.165, 1.54) is 30.5 Å². The Bertz CT molecular complexity index is 936. The predicted molar refractivity (Wildman–Crippen MR) is 115 cm³/mol. The molecule has 0 spiro atoms. The highest BCUT2D eigenvalue weighted by Crippen LogP contribution is 2.35. The van der Waals surface area contributed by atoms with Crippen molar-refractivity contribution in [3.05, 3.63) is 58.9 Å². The van der Waals surface area contributed by atoms with Crippen molar-refractivity contribution in [3.63, 3.8) is 0 Å². The quantitative estimate of drug-likeness (QED) is 0.702. The van der Waals surface area contributed by atoms with Gasteiger partial charge in [0.2, 0.25) is 0 Å². The number of hydrogen-bond donors (Lipinski definition) is 3. The lowest BCUT2D eigenvalue weighted by molar-refractivity contribution is 0.255. The molecular weight excluding hydrogens is 381 g/mol. The first kappa shape index (κ1) is 20.6. The Morgan fingerprint density at radius 2 is 1.97 bits per heavy atom. The van der Waals surface area contributed by atoms with E-state index in [1.807, 2.05) is 6.07 Å². The van der Waals surface area contributed by atoms with Gasteiger partial charge in [0, 0.05) is 17.7 Å². The van der Waals surface area contributed by atoms with Crippen LogP contribution in [0.15, 0.2) is 36.4 Å². The molecule has 2 aromatic rings. The molecule has 6 nitrogen and oxygen atoms in total. The molecule has 2 atom stereocenters. The van der Waals surface area contributed by atoms with Crippen LogP contribution in [0.2, 0.25) is 0 Å². The number of rotatable bonds is 5. The maximum atomic E-state index is 13.9. The Balaban J connectivity index is 1.43. The molecule has 158 valence electrons. The minimum absolute atomic E-state index is 0.0466. The number of benzene rings is 2. The van der Waals surface area contributed by atoms with Crippen molar-refractivity contribution in [1.29, 1.82) is 5.26 Å². The topological polar surface area (TPSA) is 72.3 Å². The van der Waals surface area contributed by atoms with E-state index in [0.29, 0.717) is 11.6 Å². The summed E-state index contributed by atoms with van der Waals surface area (Å²) in [4.78, 5) is 2.38. The van der Waals surface area contributed by atoms with Gasteiger partial charge < -0.3 is 15.0 Å². The van der Waals surface area contributed by atoms with E-state index in [0.717, 1.165) is 30.8 Å². The van der Waals surface area contributed by atoms with Crippen LogP contribution in [0.4, 0.5) is 10.1 Å². The van der Waals surface area contributed by atoms with Gasteiger partial charge in [0.15, 0.2) is 0 Å². The van der Waals surface area contributed by atoms with E-state index in [9.17, 15) is 4.39 Å². The van der Waals surface area contributed by atoms with Crippen LogP contribution < -0.4 is 20.9 Å². The summed E-state index contributed by atoms with van der Waals surface area (Å²) in [6.45, 7) is 2.26. The lowest BCUT2D eigenvalue weighted by Gasteiger charge is -2.29. The van der Waals surface area contributed by atoms with Crippen LogP contribution in [0.25, 0.3) is 0 Å². The summed E-state index contributed by atoms with van der Waals surface area (Å²) in [7, 11) is 3.89. The fourth-order valence-electron chi connectivity index (χ4n) is 4.36. The van der Waals surface area contributed by atoms with Gasteiger partial charge in [0.1, 0.15) is 17.6 Å². The fraction of sp³-hybridized carbons (Fsp3) is 0.435. The first-order chi connectivity index (χ1) is 14.6. The number of methoxy groups -OCH3 is 1. The van der Waals surface area contributed by atoms with Gasteiger partial charge in [-0.25, -0.2) is 15.2 Å². The number of hydrazine groups is 1. The predicted octanol–water partition coefficient (Wildman–Crippen LogP) is 3.49. The smallest absolute Gasteiger partial charge is 0.143 e. The zero-order chi connectivity index (χ0) is 21.1. The zero-order valence-corrected chi connectivity index (χ0v) is 17.4. The number of ether oxygens (including phenoxy) is 1. The van der Waals surface area contributed by atoms with Crippen molar-refractivity contribution in [2.75, 3.05) is 32.6 Å². The molecule has 0 radical (unpaired) electrons. The lowest BCUT2D eigenvalue weighted by atomic mass is 9.88. The van der Waals surface area contributed by atoms with Crippen LogP contribution in [0.5, 0.6) is 5.75 Å². The summed E-state index contributed by atoms with van der Waals surface area (Å²) in [6.07, 6.45) is 3.05. The molecule has 0 bridgehead atoms. The highest BCUT2D eigenvalue weighted by Gasteiger charge is 2.28. The van der Waals surface area contributed by atoms with Gasteiger partial charge in [0.05, 0.1) is 24.9 Å². The molecule has 0 aliphatic carbocycles. The van der Waals surface area contributed by atoms with Gasteiger partial charge in [-0.15, -0.1) is 0 Å². The molecule has 0 amide bonds. The average molecular weight is 410 g/mol. The summed E-state index contributed by atoms with van der Waals surface area (Å²) < 4.78 is 19.6. The Morgan fingerprint density at radius 3 is 2.67 bits per heavy atom. The van der Waals surface area contributed by atoms with E-state index in [4.69, 9.17) is 10.00 Å². The van der Waals surface area contributed by atoms with E-state index in [2.05, 4.69) is 46.3 Å². The number of halogens is 1. The van der Waals surface area contributed by atoms with Crippen molar-refractivity contribution >= 4 is 5.69 Å². The minimum Gasteiger partial charge on any atom is -0.496 e. The summed E-state index contributed by atoms with van der Waals surface area (Å²) in [5.41, 5.74) is 9.68. The van der Waals surface area contributed by atoms with E-state index in [1.54, 1.807) is 13.2 Å². The summed E-state index contributed by atoms with van der Waals surface area (Å²) in [6, 6.07) is 13.0. The Morgan fingerprint density at radius 1 is 1.17 bits per heavy atom. The van der Waals surface area contributed by atoms with Crippen LogP contribution in [0.1, 0.15) is 47.9 Å². The van der Waals surface area contributed by atoms with Crippen LogP contribution in [0.3, 0.4) is 0 Å². The molecule has 2 heterocycles. The second-order valence-electron chi connectivity index (χ2n) is 8.16. The Labute approximate surface area is 177 Å². The maximum Gasteiger partial charge on any atom is 0.143 e. The van der Waals surface area contributed by atoms with Crippen LogP contribution >= 0.6 is 0 Å². The maximum absolute atomic E-state index is 13.9. The third-order valence-corrected chi connectivity index (χ3v) is 6.16. The molecular formula is C23H28FN5O. The van der Waals surface area contributed by atoms with Gasteiger partial charge in [-0.1, -0.05) is 12.1 Å². The lowest BCUT2D eigenvalue weighted by Crippen LogP contribution is -2.35. The highest BCUT2D eigenvalue weighted by molar-refractivity contribution is 5.49. The number of piperidine rings is 1. The molecule has 30 heavy (non-hydrogen) atoms. The Kier molecular flexibility index (Phi) is 6.18. The number of likely N-dealkylation sites (tertiary alicyclic amines) is 1. The standard InChI is InChI=1S/C23H28FN5O/c1-29-9-7-15(8-10-29)16-4-6-19(22(11-16)30-2)21-13-23(28-27-21)26-18-5-3-17(14-25)20(24)12-18/h3-6,11-12,15,21,23,26-28H,7-10,13H2,1-2H3. The molecule has 2 aromatic carbocycles. The van der Waals surface area contributed by atoms with Gasteiger partial charge in [-0.2, -0.15) is 5.26 Å². The summed E-state index contributed by atoms with van der Waals surface area (Å²) >= 11 is 0. The number of nitrogens with zero attached hydrogens (tertiary/aromatic N) is 2. The zero-order valence-electron chi connectivity index (χ0n) is 17.4. The molecule has 7 heteroatoms. The van der Waals surface area contributed by atoms with Crippen LogP contribution in [0, 0.1) is 17.1 Å². The molecule has 2 aliphatic heterocycles. The van der Waals surface area contributed by atoms with Gasteiger partial charge in [-0.3, -0.25) is 0 Å². The van der Waals surface area contributed by atoms with E-state index in [-0.39, 0.29) is 17.8 Å². The number of anilines is 1. The second kappa shape index (κ2) is 9.00. The van der Waals surface area contributed by atoms with Crippen molar-refractivity contribution in [1.82, 2.24) is 15.8 Å². The first-order valence-corrected chi connectivity index (χ1v) is 10.4. The van der Waals surface area contributed by atoms with Crippen LogP contribution in [-0.4, -0.2) is 38.3 Å². The Hall–Kier alpha value is -2.66. The minimum atomic E-state index is -0.517. The van der Waals surface area contributed by atoms with Gasteiger partial charge in [-0.05, 0) is 68.7 Å². The molecule has 3 N–H and O–H groups in total. The first-order valence-electron chi connectivity index (χ1n) is 10.4. The SMILES string of the molecule is COc1cc(C2CCN(C)CC2)ccc1C1CC(Nc2ccc(C#N)c(F)c2)NN1. The van der Waals surface area contributed by atoms with Crippen molar-refractivity contribution in [3.8, 4) is 11.8 Å². The van der Waals surface area contributed by atoms with Gasteiger partial charge in [0.25, 0.3) is 0 Å². The highest BCUT2D eigenvalue weighted by atomic mass is 19.1. The molecule has 2 unspecified atom stereocenters. The largest absolute Gasteiger partial charge is 0.496 e. The molecule has 2 aliphatic rings. The molecule has 2 saturated heterocycles. The normalized spacial score (nSPS) is 22.6. The third kappa shape index (κ3) is 4.41. The average Bonchev–Trinajstić information content (AvgIpc) is 3.22. The second-order valence-corrected chi connectivity index (χ2v) is 8.16. The number of nitriles is 1. The summed E-state index contributed by atoms with van der Waals surface area (Å²) in [5.74, 6) is 0.964. The fourth-order valence-corrected chi connectivity index (χ4v) is 4.36. The van der Waals surface area contributed by atoms with E-state index < -0.39 is 5.82 Å². The van der Waals surface area contributed by atoms with E-state index >= 15 is 0 Å². The molecule has 0 aromatic heterocycles. The third-order valence-electron chi connectivity index (χ3n) is 6.16. The summed E-state index contributed by atoms with van der Waals surface area (Å²) in [5, 5.41) is 12.1. The van der Waals surface area contributed by atoms with Crippen molar-refractivity contribution < 1.29 is 9.13 Å². The molecule has 0 saturated carbocycles. The van der Waals surface area contributed by atoms with Crippen LogP contribution in [-0.2, 0) is 0 Å².